The third kappa shape index (κ3) is 3.70. The Balaban J connectivity index is 1.55. The number of carbonyl (C=O) groups excluding carboxylic acids is 2. The number of nitrogens with one attached hydrogen (secondary N) is 1. The minimum absolute atomic E-state index is 0.168. The molecule has 0 bridgehead atoms. The fraction of sp³-hybridized carbons (Fsp3) is 0.846. The molecule has 0 saturated carbocycles. The van der Waals surface area contributed by atoms with Crippen molar-refractivity contribution in [2.75, 3.05) is 39.3 Å². The molecule has 0 unspecified atom stereocenters. The molecule has 0 radical (unpaired) electrons. The predicted octanol–water partition coefficient (Wildman–Crippen LogP) is 0.211. The van der Waals surface area contributed by atoms with Gasteiger partial charge in [0, 0.05) is 39.1 Å². The second-order valence-corrected chi connectivity index (χ2v) is 5.10. The molecule has 0 aromatic carbocycles. The van der Waals surface area contributed by atoms with E-state index in [9.17, 15) is 9.59 Å². The summed E-state index contributed by atoms with van der Waals surface area (Å²) in [7, 11) is 0. The number of carbonyl (C=O) groups is 2. The van der Waals surface area contributed by atoms with E-state index in [0.29, 0.717) is 19.5 Å². The lowest BCUT2D eigenvalue weighted by Gasteiger charge is -2.17. The number of nitrogens with zero attached hydrogens (tertiary/aromatic N) is 2. The van der Waals surface area contributed by atoms with E-state index in [1.165, 1.54) is 0 Å². The highest BCUT2D eigenvalue weighted by Gasteiger charge is 2.19. The lowest BCUT2D eigenvalue weighted by Crippen LogP contribution is -2.38. The molecule has 0 aromatic rings. The second kappa shape index (κ2) is 6.73. The van der Waals surface area contributed by atoms with Gasteiger partial charge in [-0.25, -0.2) is 0 Å². The Morgan fingerprint density at radius 3 is 1.89 bits per heavy atom. The van der Waals surface area contributed by atoms with Gasteiger partial charge < -0.3 is 15.1 Å². The molecule has 2 amide bonds. The average molecular weight is 253 g/mol. The zero-order valence-electron chi connectivity index (χ0n) is 11.0. The summed E-state index contributed by atoms with van der Waals surface area (Å²) in [5.41, 5.74) is 0. The lowest BCUT2D eigenvalue weighted by molar-refractivity contribution is -0.131. The molecule has 5 nitrogen and oxygen atoms in total. The monoisotopic (exact) mass is 253 g/mol. The molecular formula is C13H23N3O2. The van der Waals surface area contributed by atoms with Gasteiger partial charge in [0.1, 0.15) is 0 Å². The van der Waals surface area contributed by atoms with E-state index in [1.54, 1.807) is 0 Å². The van der Waals surface area contributed by atoms with Gasteiger partial charge in [-0.15, -0.1) is 0 Å². The maximum atomic E-state index is 11.7. The first-order chi connectivity index (χ1) is 8.77. The van der Waals surface area contributed by atoms with Crippen molar-refractivity contribution in [2.45, 2.75) is 32.1 Å². The fourth-order valence-corrected chi connectivity index (χ4v) is 2.59. The zero-order valence-corrected chi connectivity index (χ0v) is 11.0. The van der Waals surface area contributed by atoms with Crippen LogP contribution in [0, 0.1) is 0 Å². The highest BCUT2D eigenvalue weighted by atomic mass is 16.2. The van der Waals surface area contributed by atoms with Crippen LogP contribution in [0.1, 0.15) is 32.1 Å². The van der Waals surface area contributed by atoms with Crippen molar-refractivity contribution in [3.05, 3.63) is 0 Å². The van der Waals surface area contributed by atoms with E-state index in [1.807, 2.05) is 9.80 Å². The SMILES string of the molecule is O=C(CCNCC(=O)N1CCCC1)N1CCCC1. The van der Waals surface area contributed by atoms with Gasteiger partial charge in [-0.1, -0.05) is 0 Å². The molecule has 2 heterocycles. The number of likely N-dealkylation sites (tertiary alicyclic amines) is 2. The van der Waals surface area contributed by atoms with Crippen LogP contribution in [0.4, 0.5) is 0 Å². The van der Waals surface area contributed by atoms with Gasteiger partial charge in [0.05, 0.1) is 6.54 Å². The molecule has 0 aromatic heterocycles. The number of amides is 2. The smallest absolute Gasteiger partial charge is 0.236 e. The largest absolute Gasteiger partial charge is 0.343 e. The molecule has 2 fully saturated rings. The molecule has 2 saturated heterocycles. The molecule has 0 atom stereocenters. The van der Waals surface area contributed by atoms with Crippen LogP contribution in [-0.2, 0) is 9.59 Å². The summed E-state index contributed by atoms with van der Waals surface area (Å²) in [5, 5.41) is 3.08. The molecular weight excluding hydrogens is 230 g/mol. The highest BCUT2D eigenvalue weighted by Crippen LogP contribution is 2.08. The van der Waals surface area contributed by atoms with Gasteiger partial charge >= 0.3 is 0 Å². The first kappa shape index (κ1) is 13.3. The van der Waals surface area contributed by atoms with Crippen molar-refractivity contribution in [3.63, 3.8) is 0 Å². The quantitative estimate of drug-likeness (QED) is 0.713. The standard InChI is InChI=1S/C13H23N3O2/c17-12(15-7-1-2-8-15)5-6-14-11-13(18)16-9-3-4-10-16/h14H,1-11H2. The number of hydrogen-bond donors (Lipinski definition) is 1. The summed E-state index contributed by atoms with van der Waals surface area (Å²) in [6.07, 6.45) is 5.02. The van der Waals surface area contributed by atoms with Crippen LogP contribution >= 0.6 is 0 Å². The number of rotatable bonds is 5. The Morgan fingerprint density at radius 1 is 0.833 bits per heavy atom. The van der Waals surface area contributed by atoms with E-state index >= 15 is 0 Å². The maximum Gasteiger partial charge on any atom is 0.236 e. The van der Waals surface area contributed by atoms with Crippen molar-refractivity contribution in [1.82, 2.24) is 15.1 Å². The average Bonchev–Trinajstić information content (AvgIpc) is 3.05. The Bertz CT molecular complexity index is 265. The highest BCUT2D eigenvalue weighted by molar-refractivity contribution is 5.79. The summed E-state index contributed by atoms with van der Waals surface area (Å²) in [5.74, 6) is 0.384. The van der Waals surface area contributed by atoms with Crippen molar-refractivity contribution in [3.8, 4) is 0 Å². The van der Waals surface area contributed by atoms with Gasteiger partial charge in [-0.05, 0) is 25.7 Å². The zero-order chi connectivity index (χ0) is 12.8. The molecule has 2 rings (SSSR count). The van der Waals surface area contributed by atoms with E-state index in [2.05, 4.69) is 5.32 Å². The first-order valence-electron chi connectivity index (χ1n) is 7.03. The lowest BCUT2D eigenvalue weighted by atomic mass is 10.3. The van der Waals surface area contributed by atoms with Crippen LogP contribution < -0.4 is 5.32 Å². The van der Waals surface area contributed by atoms with Crippen LogP contribution in [0.2, 0.25) is 0 Å². The third-order valence-electron chi connectivity index (χ3n) is 3.71. The Morgan fingerprint density at radius 2 is 1.33 bits per heavy atom. The molecule has 1 N–H and O–H groups in total. The molecule has 2 aliphatic rings. The second-order valence-electron chi connectivity index (χ2n) is 5.10. The van der Waals surface area contributed by atoms with Gasteiger partial charge in [-0.3, -0.25) is 9.59 Å². The molecule has 2 aliphatic heterocycles. The van der Waals surface area contributed by atoms with Crippen molar-refractivity contribution in [1.29, 1.82) is 0 Å². The summed E-state index contributed by atoms with van der Waals surface area (Å²) < 4.78 is 0. The van der Waals surface area contributed by atoms with Crippen LogP contribution in [0.5, 0.6) is 0 Å². The maximum absolute atomic E-state index is 11.7. The third-order valence-corrected chi connectivity index (χ3v) is 3.71. The Hall–Kier alpha value is -1.10. The van der Waals surface area contributed by atoms with E-state index in [-0.39, 0.29) is 11.8 Å². The van der Waals surface area contributed by atoms with E-state index in [4.69, 9.17) is 0 Å². The first-order valence-corrected chi connectivity index (χ1v) is 7.03. The molecule has 0 spiro atoms. The summed E-state index contributed by atoms with van der Waals surface area (Å²) >= 11 is 0. The summed E-state index contributed by atoms with van der Waals surface area (Å²) in [6, 6.07) is 0. The minimum atomic E-state index is 0.168. The summed E-state index contributed by atoms with van der Waals surface area (Å²) in [6.45, 7) is 4.58. The molecule has 5 heteroatoms. The van der Waals surface area contributed by atoms with E-state index < -0.39 is 0 Å². The fourth-order valence-electron chi connectivity index (χ4n) is 2.59. The minimum Gasteiger partial charge on any atom is -0.343 e. The molecule has 0 aliphatic carbocycles. The predicted molar refractivity (Wildman–Crippen MR) is 69.1 cm³/mol. The number of hydrogen-bond acceptors (Lipinski definition) is 3. The van der Waals surface area contributed by atoms with E-state index in [0.717, 1.165) is 51.9 Å². The van der Waals surface area contributed by atoms with Crippen LogP contribution in [0.15, 0.2) is 0 Å². The van der Waals surface area contributed by atoms with Crippen LogP contribution in [0.3, 0.4) is 0 Å². The van der Waals surface area contributed by atoms with Gasteiger partial charge in [0.2, 0.25) is 11.8 Å². The normalized spacial score (nSPS) is 19.6. The van der Waals surface area contributed by atoms with Gasteiger partial charge in [0.15, 0.2) is 0 Å². The van der Waals surface area contributed by atoms with Crippen LogP contribution in [-0.4, -0.2) is 60.9 Å². The van der Waals surface area contributed by atoms with Gasteiger partial charge in [0.25, 0.3) is 0 Å². The Labute approximate surface area is 108 Å². The van der Waals surface area contributed by atoms with Crippen molar-refractivity contribution < 1.29 is 9.59 Å². The van der Waals surface area contributed by atoms with Gasteiger partial charge in [-0.2, -0.15) is 0 Å². The topological polar surface area (TPSA) is 52.7 Å². The van der Waals surface area contributed by atoms with Crippen molar-refractivity contribution >= 4 is 11.8 Å². The summed E-state index contributed by atoms with van der Waals surface area (Å²) in [4.78, 5) is 27.3. The van der Waals surface area contributed by atoms with Crippen LogP contribution in [0.25, 0.3) is 0 Å². The molecule has 102 valence electrons. The molecule has 18 heavy (non-hydrogen) atoms. The Kier molecular flexibility index (Phi) is 4.99. The van der Waals surface area contributed by atoms with Crippen molar-refractivity contribution in [2.24, 2.45) is 0 Å².